The third kappa shape index (κ3) is 3.90. The van der Waals surface area contributed by atoms with E-state index in [1.165, 1.54) is 6.26 Å². The number of morpholine rings is 1. The molecule has 0 N–H and O–H groups in total. The second-order valence-corrected chi connectivity index (χ2v) is 8.71. The zero-order valence-electron chi connectivity index (χ0n) is 15.6. The van der Waals surface area contributed by atoms with Crippen molar-refractivity contribution in [2.45, 2.75) is 4.90 Å². The van der Waals surface area contributed by atoms with Gasteiger partial charge in [0.25, 0.3) is 0 Å². The molecule has 0 atom stereocenters. The summed E-state index contributed by atoms with van der Waals surface area (Å²) in [7, 11) is -3.23. The maximum atomic E-state index is 11.7. The Hall–Kier alpha value is -2.77. The molecule has 0 radical (unpaired) electrons. The van der Waals surface area contributed by atoms with Gasteiger partial charge in [-0.3, -0.25) is 0 Å². The van der Waals surface area contributed by atoms with Crippen LogP contribution in [-0.2, 0) is 14.6 Å². The molecule has 7 heteroatoms. The van der Waals surface area contributed by atoms with Gasteiger partial charge in [-0.05, 0) is 17.7 Å². The number of ether oxygens (including phenoxy) is 1. The van der Waals surface area contributed by atoms with Gasteiger partial charge in [0.2, 0.25) is 0 Å². The Morgan fingerprint density at radius 1 is 0.929 bits per heavy atom. The average molecular weight is 395 g/mol. The summed E-state index contributed by atoms with van der Waals surface area (Å²) in [6.45, 7) is 2.80. The van der Waals surface area contributed by atoms with Crippen molar-refractivity contribution in [3.8, 4) is 22.5 Å². The Morgan fingerprint density at radius 2 is 1.61 bits per heavy atom. The van der Waals surface area contributed by atoms with Crippen molar-refractivity contribution in [2.75, 3.05) is 37.5 Å². The monoisotopic (exact) mass is 395 g/mol. The minimum Gasteiger partial charge on any atom is -0.378 e. The summed E-state index contributed by atoms with van der Waals surface area (Å²) in [5, 5.41) is 0. The molecule has 2 heterocycles. The first-order chi connectivity index (χ1) is 13.5. The number of benzene rings is 2. The molecule has 1 saturated heterocycles. The summed E-state index contributed by atoms with van der Waals surface area (Å²) < 4.78 is 29.0. The van der Waals surface area contributed by atoms with Crippen molar-refractivity contribution in [3.63, 3.8) is 0 Å². The van der Waals surface area contributed by atoms with E-state index in [9.17, 15) is 8.42 Å². The largest absolute Gasteiger partial charge is 0.378 e. The molecule has 4 rings (SSSR count). The lowest BCUT2D eigenvalue weighted by molar-refractivity contribution is 0.122. The molecule has 3 aromatic rings. The normalized spacial score (nSPS) is 14.8. The number of aromatic nitrogens is 2. The minimum atomic E-state index is -3.23. The first kappa shape index (κ1) is 18.6. The van der Waals surface area contributed by atoms with E-state index in [0.29, 0.717) is 23.9 Å². The molecular formula is C21H21N3O3S. The second kappa shape index (κ2) is 7.69. The third-order valence-corrected chi connectivity index (χ3v) is 5.83. The number of nitrogens with zero attached hydrogens (tertiary/aromatic N) is 3. The van der Waals surface area contributed by atoms with Crippen molar-refractivity contribution in [2.24, 2.45) is 0 Å². The molecule has 0 spiro atoms. The van der Waals surface area contributed by atoms with Crippen molar-refractivity contribution >= 4 is 15.7 Å². The lowest BCUT2D eigenvalue weighted by atomic mass is 10.1. The van der Waals surface area contributed by atoms with Crippen LogP contribution < -0.4 is 4.90 Å². The van der Waals surface area contributed by atoms with Gasteiger partial charge in [0.05, 0.1) is 18.1 Å². The van der Waals surface area contributed by atoms with Crippen LogP contribution in [0, 0.1) is 0 Å². The molecule has 0 saturated carbocycles. The van der Waals surface area contributed by atoms with E-state index in [4.69, 9.17) is 9.72 Å². The number of rotatable bonds is 4. The molecule has 28 heavy (non-hydrogen) atoms. The zero-order valence-corrected chi connectivity index (χ0v) is 16.4. The lowest BCUT2D eigenvalue weighted by Gasteiger charge is -2.29. The van der Waals surface area contributed by atoms with Gasteiger partial charge in [-0.1, -0.05) is 42.5 Å². The highest BCUT2D eigenvalue weighted by atomic mass is 32.2. The summed E-state index contributed by atoms with van der Waals surface area (Å²) in [5.74, 6) is 1.50. The molecule has 1 aliphatic rings. The molecule has 1 fully saturated rings. The fraction of sp³-hybridized carbons (Fsp3) is 0.238. The van der Waals surface area contributed by atoms with Gasteiger partial charge in [-0.2, -0.15) is 0 Å². The molecule has 1 aromatic heterocycles. The smallest absolute Gasteiger partial charge is 0.175 e. The van der Waals surface area contributed by atoms with Crippen LogP contribution >= 0.6 is 0 Å². The van der Waals surface area contributed by atoms with E-state index in [1.54, 1.807) is 24.3 Å². The summed E-state index contributed by atoms with van der Waals surface area (Å²) in [5.41, 5.74) is 2.71. The lowest BCUT2D eigenvalue weighted by Crippen LogP contribution is -2.37. The van der Waals surface area contributed by atoms with E-state index in [1.807, 2.05) is 36.5 Å². The summed E-state index contributed by atoms with van der Waals surface area (Å²) in [6, 6.07) is 16.7. The molecule has 0 unspecified atom stereocenters. The average Bonchev–Trinajstić information content (AvgIpc) is 2.74. The van der Waals surface area contributed by atoms with Crippen LogP contribution in [0.25, 0.3) is 22.5 Å². The van der Waals surface area contributed by atoms with Gasteiger partial charge in [0.1, 0.15) is 5.82 Å². The van der Waals surface area contributed by atoms with Crippen molar-refractivity contribution in [1.29, 1.82) is 0 Å². The highest BCUT2D eigenvalue weighted by Crippen LogP contribution is 2.31. The van der Waals surface area contributed by atoms with Crippen LogP contribution in [0.4, 0.5) is 5.82 Å². The molecule has 0 bridgehead atoms. The van der Waals surface area contributed by atoms with Crippen molar-refractivity contribution in [3.05, 3.63) is 60.8 Å². The van der Waals surface area contributed by atoms with Gasteiger partial charge in [-0.25, -0.2) is 18.4 Å². The highest BCUT2D eigenvalue weighted by Gasteiger charge is 2.19. The van der Waals surface area contributed by atoms with Crippen LogP contribution in [0.15, 0.2) is 65.7 Å². The van der Waals surface area contributed by atoms with Gasteiger partial charge < -0.3 is 9.64 Å². The first-order valence-corrected chi connectivity index (χ1v) is 11.0. The Morgan fingerprint density at radius 3 is 2.25 bits per heavy atom. The molecule has 6 nitrogen and oxygen atoms in total. The first-order valence-electron chi connectivity index (χ1n) is 9.08. The van der Waals surface area contributed by atoms with Gasteiger partial charge >= 0.3 is 0 Å². The Labute approximate surface area is 164 Å². The van der Waals surface area contributed by atoms with Crippen LogP contribution in [0.2, 0.25) is 0 Å². The predicted molar refractivity (Wildman–Crippen MR) is 109 cm³/mol. The Balaban J connectivity index is 1.79. The third-order valence-electron chi connectivity index (χ3n) is 4.70. The fourth-order valence-electron chi connectivity index (χ4n) is 3.20. The Kier molecular flexibility index (Phi) is 5.11. The summed E-state index contributed by atoms with van der Waals surface area (Å²) >= 11 is 0. The number of anilines is 1. The molecule has 0 aliphatic carbocycles. The molecule has 1 aliphatic heterocycles. The minimum absolute atomic E-state index is 0.297. The second-order valence-electron chi connectivity index (χ2n) is 6.69. The fourth-order valence-corrected chi connectivity index (χ4v) is 3.83. The number of hydrogen-bond acceptors (Lipinski definition) is 6. The topological polar surface area (TPSA) is 72.4 Å². The SMILES string of the molecule is CS(=O)(=O)c1ccc(-c2cnc(-c3ccccc3)nc2N2CCOCC2)cc1. The standard InChI is InChI=1S/C21H21N3O3S/c1-28(25,26)18-9-7-16(8-10-18)19-15-22-20(17-5-3-2-4-6-17)23-21(19)24-11-13-27-14-12-24/h2-10,15H,11-14H2,1H3. The van der Waals surface area contributed by atoms with Crippen LogP contribution in [0.5, 0.6) is 0 Å². The van der Waals surface area contributed by atoms with Crippen molar-refractivity contribution < 1.29 is 13.2 Å². The zero-order chi connectivity index (χ0) is 19.6. The molecule has 144 valence electrons. The molecular weight excluding hydrogens is 374 g/mol. The van der Waals surface area contributed by atoms with Crippen LogP contribution in [0.1, 0.15) is 0 Å². The van der Waals surface area contributed by atoms with E-state index in [-0.39, 0.29) is 0 Å². The van der Waals surface area contributed by atoms with Gasteiger partial charge in [0.15, 0.2) is 15.7 Å². The molecule has 2 aromatic carbocycles. The predicted octanol–water partition coefficient (Wildman–Crippen LogP) is 3.05. The van der Waals surface area contributed by atoms with E-state index >= 15 is 0 Å². The van der Waals surface area contributed by atoms with Crippen molar-refractivity contribution in [1.82, 2.24) is 9.97 Å². The van der Waals surface area contributed by atoms with E-state index < -0.39 is 9.84 Å². The Bertz CT molecular complexity index is 1060. The molecule has 0 amide bonds. The summed E-state index contributed by atoms with van der Waals surface area (Å²) in [6.07, 6.45) is 3.02. The highest BCUT2D eigenvalue weighted by molar-refractivity contribution is 7.90. The van der Waals surface area contributed by atoms with E-state index in [2.05, 4.69) is 9.88 Å². The maximum Gasteiger partial charge on any atom is 0.175 e. The number of sulfone groups is 1. The maximum absolute atomic E-state index is 11.7. The van der Waals surface area contributed by atoms with Crippen LogP contribution in [0.3, 0.4) is 0 Å². The van der Waals surface area contributed by atoms with Crippen LogP contribution in [-0.4, -0.2) is 50.9 Å². The van der Waals surface area contributed by atoms with Gasteiger partial charge in [-0.15, -0.1) is 0 Å². The van der Waals surface area contributed by atoms with E-state index in [0.717, 1.165) is 35.6 Å². The van der Waals surface area contributed by atoms with Gasteiger partial charge in [0, 0.05) is 36.7 Å². The summed E-state index contributed by atoms with van der Waals surface area (Å²) in [4.78, 5) is 11.9. The number of hydrogen-bond donors (Lipinski definition) is 0. The quantitative estimate of drug-likeness (QED) is 0.676.